The van der Waals surface area contributed by atoms with Gasteiger partial charge in [0.1, 0.15) is 0 Å². The highest BCUT2D eigenvalue weighted by molar-refractivity contribution is 7.12. The summed E-state index contributed by atoms with van der Waals surface area (Å²) in [6.07, 6.45) is 3.22. The number of benzene rings is 1. The zero-order valence-electron chi connectivity index (χ0n) is 11.4. The van der Waals surface area contributed by atoms with E-state index in [2.05, 4.69) is 44.2 Å². The first-order valence-electron chi connectivity index (χ1n) is 6.86. The average molecular weight is 270 g/mol. The van der Waals surface area contributed by atoms with E-state index in [1.54, 1.807) is 11.3 Å². The quantitative estimate of drug-likeness (QED) is 0.725. The zero-order chi connectivity index (χ0) is 13.4. The van der Waals surface area contributed by atoms with Crippen molar-refractivity contribution in [2.75, 3.05) is 0 Å². The summed E-state index contributed by atoms with van der Waals surface area (Å²) >= 11 is 1.72. The summed E-state index contributed by atoms with van der Waals surface area (Å²) in [5.74, 6) is 0.381. The van der Waals surface area contributed by atoms with Gasteiger partial charge in [0.05, 0.1) is 0 Å². The van der Waals surface area contributed by atoms with Crippen LogP contribution in [0.1, 0.15) is 50.0 Å². The Hall–Kier alpha value is -1.41. The molecule has 1 aliphatic carbocycles. The lowest BCUT2D eigenvalue weighted by molar-refractivity contribution is 0.0951. The van der Waals surface area contributed by atoms with Gasteiger partial charge in [-0.1, -0.05) is 24.3 Å². The first kappa shape index (κ1) is 12.6. The van der Waals surface area contributed by atoms with Crippen LogP contribution in [0.3, 0.4) is 0 Å². The van der Waals surface area contributed by atoms with Crippen LogP contribution in [-0.2, 0) is 6.42 Å². The third-order valence-corrected chi connectivity index (χ3v) is 4.96. The second-order valence-corrected chi connectivity index (χ2v) is 6.80. The molecular weight excluding hydrogens is 252 g/mol. The van der Waals surface area contributed by atoms with Gasteiger partial charge in [0, 0.05) is 21.2 Å². The molecule has 1 aliphatic rings. The Morgan fingerprint density at radius 1 is 1.26 bits per heavy atom. The molecule has 1 atom stereocenters. The van der Waals surface area contributed by atoms with Crippen LogP contribution in [0.15, 0.2) is 30.3 Å². The number of thiophene rings is 1. The summed E-state index contributed by atoms with van der Waals surface area (Å²) in [6.45, 7) is 4.13. The average Bonchev–Trinajstić information content (AvgIpc) is 2.76. The van der Waals surface area contributed by atoms with Gasteiger partial charge in [-0.25, -0.2) is 0 Å². The van der Waals surface area contributed by atoms with Crippen molar-refractivity contribution in [3.63, 3.8) is 0 Å². The topological polar surface area (TPSA) is 17.1 Å². The number of hydrogen-bond donors (Lipinski definition) is 0. The first-order valence-corrected chi connectivity index (χ1v) is 7.67. The van der Waals surface area contributed by atoms with E-state index < -0.39 is 0 Å². The molecule has 0 radical (unpaired) electrons. The van der Waals surface area contributed by atoms with Crippen molar-refractivity contribution in [3.8, 4) is 0 Å². The molecule has 0 N–H and O–H groups in total. The van der Waals surface area contributed by atoms with E-state index >= 15 is 0 Å². The molecule has 3 rings (SSSR count). The van der Waals surface area contributed by atoms with Gasteiger partial charge < -0.3 is 0 Å². The van der Waals surface area contributed by atoms with Crippen LogP contribution in [0.4, 0.5) is 0 Å². The minimum atomic E-state index is 0.0673. The van der Waals surface area contributed by atoms with Crippen molar-refractivity contribution >= 4 is 17.1 Å². The molecule has 0 bridgehead atoms. The van der Waals surface area contributed by atoms with Gasteiger partial charge in [0.15, 0.2) is 5.78 Å². The van der Waals surface area contributed by atoms with Crippen molar-refractivity contribution in [2.45, 2.75) is 39.0 Å². The number of hydrogen-bond acceptors (Lipinski definition) is 2. The van der Waals surface area contributed by atoms with Crippen LogP contribution in [-0.4, -0.2) is 5.78 Å². The molecule has 0 saturated heterocycles. The molecule has 0 spiro atoms. The second kappa shape index (κ2) is 4.93. The fourth-order valence-corrected chi connectivity index (χ4v) is 4.02. The minimum absolute atomic E-state index is 0.0673. The Morgan fingerprint density at radius 2 is 2.05 bits per heavy atom. The van der Waals surface area contributed by atoms with E-state index in [4.69, 9.17) is 0 Å². The molecule has 1 heterocycles. The van der Waals surface area contributed by atoms with Crippen molar-refractivity contribution in [2.24, 2.45) is 0 Å². The Morgan fingerprint density at radius 3 is 2.79 bits per heavy atom. The van der Waals surface area contributed by atoms with Gasteiger partial charge in [-0.2, -0.15) is 0 Å². The lowest BCUT2D eigenvalue weighted by atomic mass is 9.79. The zero-order valence-corrected chi connectivity index (χ0v) is 12.2. The number of ketones is 1. The molecule has 1 aromatic heterocycles. The molecule has 2 heteroatoms. The van der Waals surface area contributed by atoms with Crippen molar-refractivity contribution in [1.29, 1.82) is 0 Å². The molecule has 0 saturated carbocycles. The van der Waals surface area contributed by atoms with E-state index in [1.165, 1.54) is 16.0 Å². The van der Waals surface area contributed by atoms with Gasteiger partial charge in [0.2, 0.25) is 0 Å². The third kappa shape index (κ3) is 2.25. The SMILES string of the molecule is Cc1cc(C(=O)C2CCCc3ccccc32)c(C)s1. The molecule has 1 nitrogen and oxygen atoms in total. The molecule has 0 amide bonds. The highest BCUT2D eigenvalue weighted by Crippen LogP contribution is 2.35. The number of Topliss-reactive ketones (excluding diaryl/α,β-unsaturated/α-hetero) is 1. The Labute approximate surface area is 118 Å². The number of carbonyl (C=O) groups excluding carboxylic acids is 1. The Bertz CT molecular complexity index is 624. The number of aryl methyl sites for hydroxylation is 3. The lowest BCUT2D eigenvalue weighted by Gasteiger charge is -2.24. The molecule has 19 heavy (non-hydrogen) atoms. The summed E-state index contributed by atoms with van der Waals surface area (Å²) in [7, 11) is 0. The molecule has 1 aromatic carbocycles. The predicted octanol–water partition coefficient (Wildman–Crippen LogP) is 4.67. The number of rotatable bonds is 2. The maximum Gasteiger partial charge on any atom is 0.171 e. The molecular formula is C17H18OS. The summed E-state index contributed by atoms with van der Waals surface area (Å²) < 4.78 is 0. The summed E-state index contributed by atoms with van der Waals surface area (Å²) in [4.78, 5) is 15.2. The molecule has 0 fully saturated rings. The first-order chi connectivity index (χ1) is 9.16. The van der Waals surface area contributed by atoms with E-state index in [0.717, 1.165) is 29.7 Å². The Kier molecular flexibility index (Phi) is 3.28. The fourth-order valence-electron chi connectivity index (χ4n) is 3.09. The standard InChI is InChI=1S/C17H18OS/c1-11-10-16(12(2)19-11)17(18)15-9-5-7-13-6-3-4-8-14(13)15/h3-4,6,8,10,15H,5,7,9H2,1-2H3. The van der Waals surface area contributed by atoms with Crippen molar-refractivity contribution < 1.29 is 4.79 Å². The largest absolute Gasteiger partial charge is 0.293 e. The van der Waals surface area contributed by atoms with Crippen molar-refractivity contribution in [1.82, 2.24) is 0 Å². The van der Waals surface area contributed by atoms with Crippen LogP contribution in [0.2, 0.25) is 0 Å². The van der Waals surface area contributed by atoms with Gasteiger partial charge in [-0.3, -0.25) is 4.79 Å². The van der Waals surface area contributed by atoms with Crippen LogP contribution < -0.4 is 0 Å². The molecule has 0 aliphatic heterocycles. The Balaban J connectivity index is 2.00. The van der Waals surface area contributed by atoms with Crippen LogP contribution in [0.5, 0.6) is 0 Å². The highest BCUT2D eigenvalue weighted by atomic mass is 32.1. The van der Waals surface area contributed by atoms with E-state index in [1.807, 2.05) is 0 Å². The maximum atomic E-state index is 12.8. The lowest BCUT2D eigenvalue weighted by Crippen LogP contribution is -2.18. The smallest absolute Gasteiger partial charge is 0.171 e. The van der Waals surface area contributed by atoms with E-state index in [-0.39, 0.29) is 5.92 Å². The summed E-state index contributed by atoms with van der Waals surface area (Å²) in [6, 6.07) is 10.5. The van der Waals surface area contributed by atoms with Gasteiger partial charge >= 0.3 is 0 Å². The summed E-state index contributed by atoms with van der Waals surface area (Å²) in [5, 5.41) is 0. The normalized spacial score (nSPS) is 18.1. The predicted molar refractivity (Wildman–Crippen MR) is 80.2 cm³/mol. The van der Waals surface area contributed by atoms with Gasteiger partial charge in [-0.15, -0.1) is 11.3 Å². The van der Waals surface area contributed by atoms with E-state index in [9.17, 15) is 4.79 Å². The second-order valence-electron chi connectivity index (χ2n) is 5.33. The van der Waals surface area contributed by atoms with Crippen LogP contribution in [0.25, 0.3) is 0 Å². The van der Waals surface area contributed by atoms with Crippen LogP contribution in [0, 0.1) is 13.8 Å². The maximum absolute atomic E-state index is 12.8. The molecule has 98 valence electrons. The fraction of sp³-hybridized carbons (Fsp3) is 0.353. The van der Waals surface area contributed by atoms with Crippen LogP contribution >= 0.6 is 11.3 Å². The monoisotopic (exact) mass is 270 g/mol. The molecule has 1 unspecified atom stereocenters. The van der Waals surface area contributed by atoms with Gasteiger partial charge in [-0.05, 0) is 50.3 Å². The highest BCUT2D eigenvalue weighted by Gasteiger charge is 2.28. The third-order valence-electron chi connectivity index (χ3n) is 3.99. The molecule has 2 aromatic rings. The summed E-state index contributed by atoms with van der Waals surface area (Å²) in [5.41, 5.74) is 3.54. The number of carbonyl (C=O) groups is 1. The van der Waals surface area contributed by atoms with Crippen molar-refractivity contribution in [3.05, 3.63) is 56.8 Å². The number of fused-ring (bicyclic) bond motifs is 1. The minimum Gasteiger partial charge on any atom is -0.293 e. The van der Waals surface area contributed by atoms with E-state index in [0.29, 0.717) is 5.78 Å². The van der Waals surface area contributed by atoms with Gasteiger partial charge in [0.25, 0.3) is 0 Å².